The third-order valence-corrected chi connectivity index (χ3v) is 11.7. The van der Waals surface area contributed by atoms with E-state index in [0.717, 1.165) is 0 Å². The van der Waals surface area contributed by atoms with Gasteiger partial charge in [0, 0.05) is 0 Å². The van der Waals surface area contributed by atoms with E-state index in [-0.39, 0.29) is 0 Å². The van der Waals surface area contributed by atoms with Gasteiger partial charge in [-0.1, -0.05) is 0 Å². The zero-order valence-corrected chi connectivity index (χ0v) is 12.1. The van der Waals surface area contributed by atoms with Gasteiger partial charge < -0.3 is 0 Å². The molecule has 0 spiro atoms. The third-order valence-electron chi connectivity index (χ3n) is 2.65. The Morgan fingerprint density at radius 2 is 1.75 bits per heavy atom. The van der Waals surface area contributed by atoms with Crippen LogP contribution in [0.4, 0.5) is 0 Å². The first-order valence-corrected chi connectivity index (χ1v) is 11.5. The van der Waals surface area contributed by atoms with Crippen LogP contribution in [0.15, 0.2) is 23.8 Å². The van der Waals surface area contributed by atoms with Gasteiger partial charge in [-0.05, 0) is 0 Å². The molecule has 0 nitrogen and oxygen atoms in total. The Kier molecular flexibility index (Phi) is 6.66. The fourth-order valence-electron chi connectivity index (χ4n) is 1.76. The molecule has 0 heterocycles. The van der Waals surface area contributed by atoms with E-state index in [2.05, 4.69) is 40.3 Å². The summed E-state index contributed by atoms with van der Waals surface area (Å²) in [4.78, 5) is 0. The van der Waals surface area contributed by atoms with Gasteiger partial charge >= 0.3 is 82.5 Å². The maximum atomic E-state index is 3.90. The maximum absolute atomic E-state index is 3.90. The van der Waals surface area contributed by atoms with E-state index in [4.69, 9.17) is 0 Å². The number of hydrogen-bond acceptors (Lipinski definition) is 0. The second-order valence-electron chi connectivity index (χ2n) is 4.15. The van der Waals surface area contributed by atoms with Gasteiger partial charge in [0.2, 0.25) is 0 Å². The van der Waals surface area contributed by atoms with Crippen molar-refractivity contribution in [3.63, 3.8) is 0 Å². The normalized spacial score (nSPS) is 11.5. The van der Waals surface area contributed by atoms with E-state index < -0.39 is 16.0 Å². The molecule has 0 saturated heterocycles. The van der Waals surface area contributed by atoms with Gasteiger partial charge in [-0.25, -0.2) is 0 Å². The van der Waals surface area contributed by atoms with Crippen LogP contribution in [0.25, 0.3) is 0 Å². The molecule has 0 atom stereocenters. The Hall–Kier alpha value is 0.103. The van der Waals surface area contributed by atoms with Gasteiger partial charge in [0.15, 0.2) is 0 Å². The van der Waals surface area contributed by atoms with Crippen LogP contribution in [0.2, 0.25) is 15.0 Å². The zero-order valence-electron chi connectivity index (χ0n) is 9.11. The summed E-state index contributed by atoms with van der Waals surface area (Å²) in [6.45, 7) is 12.9. The van der Waals surface area contributed by atoms with E-state index in [9.17, 15) is 0 Å². The van der Waals surface area contributed by atoms with Crippen molar-refractivity contribution >= 4 is 0 Å². The van der Waals surface area contributed by atoms with Crippen LogP contribution in [0.1, 0.15) is 27.7 Å². The summed E-state index contributed by atoms with van der Waals surface area (Å²) in [5.41, 5.74) is 2.76. The van der Waals surface area contributed by atoms with Crippen molar-refractivity contribution in [2.75, 3.05) is 0 Å². The standard InChI is InChI=1S/C7H11.2C2H5.Zn/c1-6(2)5-7(3)4;2*1-2;/h5H,1,3H2,2,4H3;2*1H2,2H3;. The molecule has 0 fully saturated rings. The summed E-state index contributed by atoms with van der Waals surface area (Å²) in [6.07, 6.45) is 2.24. The number of allylic oxidation sites excluding steroid dienone is 3. The predicted octanol–water partition coefficient (Wildman–Crippen LogP) is 4.42. The summed E-state index contributed by atoms with van der Waals surface area (Å²) in [7, 11) is 0. The van der Waals surface area contributed by atoms with E-state index in [1.54, 1.807) is 5.57 Å². The molecule has 0 amide bonds. The number of rotatable bonds is 5. The first-order chi connectivity index (χ1) is 5.60. The molecule has 0 aromatic rings. The third kappa shape index (κ3) is 5.72. The quantitative estimate of drug-likeness (QED) is 0.473. The van der Waals surface area contributed by atoms with Crippen LogP contribution in [0.3, 0.4) is 0 Å². The number of hydrogen-bond donors (Lipinski definition) is 0. The SMILES string of the molecule is C=C(C)C=C(C)[CH2][Zn]([CH2]C)[CH2]C. The Bertz CT molecular complexity index is 164. The summed E-state index contributed by atoms with van der Waals surface area (Å²) in [5, 5.41) is 4.44. The molecular formula is C11H21Zn. The van der Waals surface area contributed by atoms with E-state index >= 15 is 0 Å². The molecule has 0 saturated carbocycles. The molecule has 0 radical (unpaired) electrons. The van der Waals surface area contributed by atoms with Crippen LogP contribution < -0.4 is 0 Å². The van der Waals surface area contributed by atoms with Crippen LogP contribution in [-0.4, -0.2) is 0 Å². The van der Waals surface area contributed by atoms with Gasteiger partial charge in [0.05, 0.1) is 0 Å². The van der Waals surface area contributed by atoms with Crippen LogP contribution in [0, 0.1) is 0 Å². The molecule has 0 aliphatic heterocycles. The van der Waals surface area contributed by atoms with Crippen molar-refractivity contribution < 1.29 is 16.0 Å². The van der Waals surface area contributed by atoms with Gasteiger partial charge in [-0.2, -0.15) is 0 Å². The van der Waals surface area contributed by atoms with Crippen LogP contribution in [0.5, 0.6) is 0 Å². The molecule has 1 heteroatoms. The van der Waals surface area contributed by atoms with Crippen molar-refractivity contribution in [1.29, 1.82) is 0 Å². The summed E-state index contributed by atoms with van der Waals surface area (Å²) < 4.78 is 0. The van der Waals surface area contributed by atoms with E-state index in [1.807, 2.05) is 0 Å². The first-order valence-electron chi connectivity index (χ1n) is 5.20. The Morgan fingerprint density at radius 1 is 1.25 bits per heavy atom. The van der Waals surface area contributed by atoms with Crippen molar-refractivity contribution in [2.24, 2.45) is 0 Å². The molecule has 0 rings (SSSR count). The molecule has 12 heavy (non-hydrogen) atoms. The predicted molar refractivity (Wildman–Crippen MR) is 54.3 cm³/mol. The fraction of sp³-hybridized carbons (Fsp3) is 0.636. The molecule has 0 unspecified atom stereocenters. The molecule has 0 aliphatic carbocycles. The summed E-state index contributed by atoms with van der Waals surface area (Å²) in [5.74, 6) is 0. The van der Waals surface area contributed by atoms with Crippen molar-refractivity contribution in [2.45, 2.75) is 42.7 Å². The van der Waals surface area contributed by atoms with E-state index in [0.29, 0.717) is 0 Å². The Labute approximate surface area is 82.7 Å². The zero-order chi connectivity index (χ0) is 9.56. The first kappa shape index (κ1) is 12.1. The summed E-state index contributed by atoms with van der Waals surface area (Å²) >= 11 is -1.06. The Balaban J connectivity index is 3.97. The van der Waals surface area contributed by atoms with Gasteiger partial charge in [0.25, 0.3) is 0 Å². The second kappa shape index (κ2) is 6.60. The molecule has 67 valence electrons. The van der Waals surface area contributed by atoms with Crippen LogP contribution >= 0.6 is 0 Å². The average molecular weight is 219 g/mol. The van der Waals surface area contributed by atoms with Gasteiger partial charge in [-0.15, -0.1) is 0 Å². The van der Waals surface area contributed by atoms with Crippen molar-refractivity contribution in [3.8, 4) is 0 Å². The van der Waals surface area contributed by atoms with Crippen LogP contribution in [-0.2, 0) is 16.0 Å². The molecule has 0 N–H and O–H groups in total. The molecule has 0 aromatic carbocycles. The average Bonchev–Trinajstić information content (AvgIpc) is 1.98. The minimum absolute atomic E-state index is 1.06. The molecule has 0 bridgehead atoms. The monoisotopic (exact) mass is 217 g/mol. The second-order valence-corrected chi connectivity index (χ2v) is 13.8. The van der Waals surface area contributed by atoms with Crippen molar-refractivity contribution in [1.82, 2.24) is 0 Å². The van der Waals surface area contributed by atoms with Crippen molar-refractivity contribution in [3.05, 3.63) is 23.8 Å². The Morgan fingerprint density at radius 3 is 2.08 bits per heavy atom. The minimum atomic E-state index is -1.06. The molecular weight excluding hydrogens is 198 g/mol. The fourth-order valence-corrected chi connectivity index (χ4v) is 7.37. The topological polar surface area (TPSA) is 0 Å². The van der Waals surface area contributed by atoms with Gasteiger partial charge in [-0.3, -0.25) is 0 Å². The molecule has 0 aromatic heterocycles. The summed E-state index contributed by atoms with van der Waals surface area (Å²) in [6, 6.07) is 0. The molecule has 0 aliphatic rings. The van der Waals surface area contributed by atoms with E-state index in [1.165, 1.54) is 20.6 Å². The van der Waals surface area contributed by atoms with Gasteiger partial charge in [0.1, 0.15) is 0 Å².